The van der Waals surface area contributed by atoms with Gasteiger partial charge in [0.25, 0.3) is 0 Å². The van der Waals surface area contributed by atoms with E-state index in [1.54, 1.807) is 0 Å². The second kappa shape index (κ2) is 4.71. The van der Waals surface area contributed by atoms with Crippen LogP contribution in [0.3, 0.4) is 0 Å². The minimum atomic E-state index is 0.213. The third-order valence-electron chi connectivity index (χ3n) is 2.97. The van der Waals surface area contributed by atoms with Crippen LogP contribution in [0.25, 0.3) is 0 Å². The second-order valence-electron chi connectivity index (χ2n) is 4.45. The van der Waals surface area contributed by atoms with Crippen molar-refractivity contribution in [2.45, 2.75) is 25.9 Å². The van der Waals surface area contributed by atoms with Crippen LogP contribution in [0.2, 0.25) is 0 Å². The first-order valence-electron chi connectivity index (χ1n) is 5.79. The zero-order valence-electron chi connectivity index (χ0n) is 10.8. The first-order valence-corrected chi connectivity index (χ1v) is 5.79. The van der Waals surface area contributed by atoms with Crippen molar-refractivity contribution in [3.8, 4) is 0 Å². The maximum atomic E-state index is 4.35. The van der Waals surface area contributed by atoms with Crippen LogP contribution in [0.15, 0.2) is 24.8 Å². The summed E-state index contributed by atoms with van der Waals surface area (Å²) in [5.41, 5.74) is 1.19. The average Bonchev–Trinajstić information content (AvgIpc) is 2.86. The molecule has 5 nitrogen and oxygen atoms in total. The fourth-order valence-electron chi connectivity index (χ4n) is 2.00. The maximum absolute atomic E-state index is 4.35. The molecule has 2 unspecified atom stereocenters. The van der Waals surface area contributed by atoms with E-state index in [0.29, 0.717) is 0 Å². The van der Waals surface area contributed by atoms with Gasteiger partial charge in [-0.2, -0.15) is 5.10 Å². The predicted octanol–water partition coefficient (Wildman–Crippen LogP) is 1.57. The van der Waals surface area contributed by atoms with Crippen molar-refractivity contribution in [2.24, 2.45) is 14.1 Å². The van der Waals surface area contributed by atoms with Crippen molar-refractivity contribution in [1.82, 2.24) is 24.6 Å². The number of imidazole rings is 1. The van der Waals surface area contributed by atoms with Crippen molar-refractivity contribution < 1.29 is 0 Å². The molecule has 0 aliphatic heterocycles. The van der Waals surface area contributed by atoms with Gasteiger partial charge in [-0.3, -0.25) is 4.68 Å². The summed E-state index contributed by atoms with van der Waals surface area (Å²) in [6, 6.07) is 0.473. The van der Waals surface area contributed by atoms with Gasteiger partial charge in [0.1, 0.15) is 5.82 Å². The molecule has 2 aromatic rings. The summed E-state index contributed by atoms with van der Waals surface area (Å²) in [7, 11) is 3.94. The number of hydrogen-bond acceptors (Lipinski definition) is 3. The van der Waals surface area contributed by atoms with E-state index in [-0.39, 0.29) is 12.1 Å². The molecule has 0 spiro atoms. The van der Waals surface area contributed by atoms with Gasteiger partial charge in [0.05, 0.1) is 12.2 Å². The average molecular weight is 233 g/mol. The van der Waals surface area contributed by atoms with Gasteiger partial charge in [-0.05, 0) is 13.8 Å². The van der Waals surface area contributed by atoms with E-state index in [0.717, 1.165) is 5.82 Å². The molecule has 0 saturated carbocycles. The number of hydrogen-bond donors (Lipinski definition) is 1. The van der Waals surface area contributed by atoms with E-state index in [4.69, 9.17) is 0 Å². The molecule has 2 heterocycles. The first kappa shape index (κ1) is 11.9. The predicted molar refractivity (Wildman–Crippen MR) is 66.4 cm³/mol. The molecule has 2 aromatic heterocycles. The van der Waals surface area contributed by atoms with Crippen LogP contribution in [-0.2, 0) is 14.1 Å². The molecule has 0 amide bonds. The smallest absolute Gasteiger partial charge is 0.125 e. The highest BCUT2D eigenvalue weighted by Gasteiger charge is 2.14. The Balaban J connectivity index is 2.04. The zero-order valence-corrected chi connectivity index (χ0v) is 10.8. The fraction of sp³-hybridized carbons (Fsp3) is 0.500. The van der Waals surface area contributed by atoms with Gasteiger partial charge in [0.15, 0.2) is 0 Å². The van der Waals surface area contributed by atoms with Crippen LogP contribution in [-0.4, -0.2) is 19.3 Å². The van der Waals surface area contributed by atoms with Crippen molar-refractivity contribution >= 4 is 0 Å². The van der Waals surface area contributed by atoms with Gasteiger partial charge in [-0.15, -0.1) is 0 Å². The van der Waals surface area contributed by atoms with E-state index in [2.05, 4.69) is 29.2 Å². The molecule has 1 N–H and O–H groups in total. The van der Waals surface area contributed by atoms with Crippen molar-refractivity contribution in [2.75, 3.05) is 0 Å². The minimum Gasteiger partial charge on any atom is -0.337 e. The molecule has 0 saturated heterocycles. The lowest BCUT2D eigenvalue weighted by atomic mass is 10.1. The Hall–Kier alpha value is -1.62. The summed E-state index contributed by atoms with van der Waals surface area (Å²) in [5.74, 6) is 1.04. The molecule has 0 radical (unpaired) electrons. The Morgan fingerprint density at radius 1 is 1.24 bits per heavy atom. The van der Waals surface area contributed by atoms with E-state index < -0.39 is 0 Å². The normalized spacial score (nSPS) is 14.8. The van der Waals surface area contributed by atoms with Crippen molar-refractivity contribution in [3.05, 3.63) is 36.2 Å². The summed E-state index contributed by atoms with van der Waals surface area (Å²) >= 11 is 0. The summed E-state index contributed by atoms with van der Waals surface area (Å²) in [5, 5.41) is 7.70. The number of rotatable bonds is 4. The Morgan fingerprint density at radius 3 is 2.53 bits per heavy atom. The highest BCUT2D eigenvalue weighted by molar-refractivity contribution is 5.10. The molecular weight excluding hydrogens is 214 g/mol. The number of nitrogens with one attached hydrogen (secondary N) is 1. The van der Waals surface area contributed by atoms with Gasteiger partial charge < -0.3 is 9.88 Å². The van der Waals surface area contributed by atoms with Crippen molar-refractivity contribution in [3.63, 3.8) is 0 Å². The van der Waals surface area contributed by atoms with Crippen LogP contribution >= 0.6 is 0 Å². The van der Waals surface area contributed by atoms with Gasteiger partial charge >= 0.3 is 0 Å². The lowest BCUT2D eigenvalue weighted by molar-refractivity contribution is 0.467. The topological polar surface area (TPSA) is 47.7 Å². The van der Waals surface area contributed by atoms with Gasteiger partial charge in [0, 0.05) is 44.3 Å². The maximum Gasteiger partial charge on any atom is 0.125 e. The lowest BCUT2D eigenvalue weighted by Gasteiger charge is -2.18. The van der Waals surface area contributed by atoms with E-state index >= 15 is 0 Å². The molecule has 2 rings (SSSR count). The number of aromatic nitrogens is 4. The molecule has 5 heteroatoms. The van der Waals surface area contributed by atoms with Gasteiger partial charge in [-0.1, -0.05) is 0 Å². The third kappa shape index (κ3) is 2.55. The molecule has 0 aliphatic carbocycles. The van der Waals surface area contributed by atoms with E-state index in [1.165, 1.54) is 5.56 Å². The first-order chi connectivity index (χ1) is 8.08. The van der Waals surface area contributed by atoms with Crippen molar-refractivity contribution in [1.29, 1.82) is 0 Å². The minimum absolute atomic E-state index is 0.213. The molecular formula is C12H19N5. The Morgan fingerprint density at radius 2 is 2.00 bits per heavy atom. The van der Waals surface area contributed by atoms with Crippen LogP contribution in [0.1, 0.15) is 37.3 Å². The molecule has 17 heavy (non-hydrogen) atoms. The summed E-state index contributed by atoms with van der Waals surface area (Å²) in [6.45, 7) is 4.26. The highest BCUT2D eigenvalue weighted by Crippen LogP contribution is 2.17. The van der Waals surface area contributed by atoms with Crippen LogP contribution < -0.4 is 5.32 Å². The summed E-state index contributed by atoms with van der Waals surface area (Å²) in [4.78, 5) is 4.35. The molecule has 0 fully saturated rings. The quantitative estimate of drug-likeness (QED) is 0.872. The van der Waals surface area contributed by atoms with Crippen LogP contribution in [0.5, 0.6) is 0 Å². The number of aryl methyl sites for hydroxylation is 2. The molecule has 92 valence electrons. The molecule has 0 aliphatic rings. The SMILES string of the molecule is CC(NC(C)c1nccn1C)c1cnn(C)c1. The number of nitrogens with zero attached hydrogens (tertiary/aromatic N) is 4. The van der Waals surface area contributed by atoms with Gasteiger partial charge in [-0.25, -0.2) is 4.98 Å². The molecule has 0 bridgehead atoms. The third-order valence-corrected chi connectivity index (χ3v) is 2.97. The standard InChI is InChI=1S/C12H19N5/c1-9(11-7-14-17(4)8-11)15-10(2)12-13-5-6-16(12)3/h5-10,15H,1-4H3. The van der Waals surface area contributed by atoms with E-state index in [9.17, 15) is 0 Å². The molecule has 0 aromatic carbocycles. The molecule has 2 atom stereocenters. The van der Waals surface area contributed by atoms with Gasteiger partial charge in [0.2, 0.25) is 0 Å². The van der Waals surface area contributed by atoms with Crippen LogP contribution in [0.4, 0.5) is 0 Å². The Bertz CT molecular complexity index is 485. The fourth-order valence-corrected chi connectivity index (χ4v) is 2.00. The summed E-state index contributed by atoms with van der Waals surface area (Å²) < 4.78 is 3.85. The van der Waals surface area contributed by atoms with Crippen LogP contribution in [0, 0.1) is 0 Å². The monoisotopic (exact) mass is 233 g/mol. The zero-order chi connectivity index (χ0) is 12.4. The Labute approximate surface area is 101 Å². The largest absolute Gasteiger partial charge is 0.337 e. The Kier molecular flexibility index (Phi) is 3.28. The highest BCUT2D eigenvalue weighted by atomic mass is 15.2. The second-order valence-corrected chi connectivity index (χ2v) is 4.45. The van der Waals surface area contributed by atoms with E-state index in [1.807, 2.05) is 48.1 Å². The summed E-state index contributed by atoms with van der Waals surface area (Å²) in [6.07, 6.45) is 7.70. The lowest BCUT2D eigenvalue weighted by Crippen LogP contribution is -2.24.